The zero-order valence-electron chi connectivity index (χ0n) is 14.1. The highest BCUT2D eigenvalue weighted by Crippen LogP contribution is 2.15. The topological polar surface area (TPSA) is 89.0 Å². The third-order valence-electron chi connectivity index (χ3n) is 3.30. The van der Waals surface area contributed by atoms with Crippen LogP contribution in [-0.4, -0.2) is 25.3 Å². The summed E-state index contributed by atoms with van der Waals surface area (Å²) in [5, 5.41) is 8.25. The van der Waals surface area contributed by atoms with Crippen LogP contribution in [0.1, 0.15) is 11.1 Å². The molecule has 8 heteroatoms. The molecule has 0 atom stereocenters. The predicted molar refractivity (Wildman–Crippen MR) is 94.0 cm³/mol. The van der Waals surface area contributed by atoms with E-state index in [4.69, 9.17) is 9.57 Å². The van der Waals surface area contributed by atoms with Gasteiger partial charge in [-0.2, -0.15) is 0 Å². The second kappa shape index (κ2) is 9.77. The van der Waals surface area contributed by atoms with Gasteiger partial charge in [-0.3, -0.25) is 10.1 Å². The molecule has 2 amide bonds. The minimum Gasteiger partial charge on any atom is -0.444 e. The monoisotopic (exact) mass is 359 g/mol. The molecule has 136 valence electrons. The van der Waals surface area contributed by atoms with Gasteiger partial charge in [0.25, 0.3) is 5.91 Å². The Morgan fingerprint density at radius 1 is 1.08 bits per heavy atom. The lowest BCUT2D eigenvalue weighted by Crippen LogP contribution is -2.18. The third kappa shape index (κ3) is 5.90. The Bertz CT molecular complexity index is 796. The average molecular weight is 359 g/mol. The zero-order chi connectivity index (χ0) is 18.8. The van der Waals surface area contributed by atoms with E-state index in [9.17, 15) is 14.0 Å². The first-order valence-corrected chi connectivity index (χ1v) is 7.72. The van der Waals surface area contributed by atoms with Crippen molar-refractivity contribution in [3.8, 4) is 0 Å². The molecular formula is C18H18FN3O4. The SMILES string of the molecule is CNC(=O)/C=N/OCc1ccccc1COC(=O)Nc1ccccc1F. The lowest BCUT2D eigenvalue weighted by Gasteiger charge is -2.10. The van der Waals surface area contributed by atoms with Crippen molar-refractivity contribution in [3.05, 3.63) is 65.5 Å². The molecule has 2 N–H and O–H groups in total. The van der Waals surface area contributed by atoms with Gasteiger partial charge >= 0.3 is 6.09 Å². The van der Waals surface area contributed by atoms with E-state index in [1.54, 1.807) is 30.3 Å². The molecule has 0 aliphatic heterocycles. The van der Waals surface area contributed by atoms with Crippen molar-refractivity contribution in [1.29, 1.82) is 0 Å². The summed E-state index contributed by atoms with van der Waals surface area (Å²) in [4.78, 5) is 27.9. The van der Waals surface area contributed by atoms with E-state index in [2.05, 4.69) is 15.8 Å². The molecule has 0 saturated heterocycles. The number of oxime groups is 1. The van der Waals surface area contributed by atoms with Crippen LogP contribution in [0.3, 0.4) is 0 Å². The van der Waals surface area contributed by atoms with Crippen molar-refractivity contribution in [3.63, 3.8) is 0 Å². The minimum atomic E-state index is -0.775. The Kier molecular flexibility index (Phi) is 7.11. The molecule has 0 unspecified atom stereocenters. The molecule has 0 aliphatic carbocycles. The van der Waals surface area contributed by atoms with Crippen molar-refractivity contribution in [2.45, 2.75) is 13.2 Å². The number of hydrogen-bond donors (Lipinski definition) is 2. The van der Waals surface area contributed by atoms with E-state index in [1.165, 1.54) is 25.2 Å². The van der Waals surface area contributed by atoms with Crippen LogP contribution in [0.15, 0.2) is 53.7 Å². The number of carbonyl (C=O) groups excluding carboxylic acids is 2. The fourth-order valence-corrected chi connectivity index (χ4v) is 1.95. The Labute approximate surface area is 149 Å². The van der Waals surface area contributed by atoms with E-state index in [0.29, 0.717) is 5.56 Å². The second-order valence-corrected chi connectivity index (χ2v) is 5.07. The number of carbonyl (C=O) groups is 2. The molecule has 0 saturated carbocycles. The molecule has 7 nitrogen and oxygen atoms in total. The number of benzene rings is 2. The molecule has 2 rings (SSSR count). The van der Waals surface area contributed by atoms with E-state index in [1.807, 2.05) is 0 Å². The minimum absolute atomic E-state index is 0.0288. The molecule has 2 aromatic rings. The summed E-state index contributed by atoms with van der Waals surface area (Å²) >= 11 is 0. The zero-order valence-corrected chi connectivity index (χ0v) is 14.1. The Balaban J connectivity index is 1.89. The normalized spacial score (nSPS) is 10.4. The van der Waals surface area contributed by atoms with Gasteiger partial charge in [0.2, 0.25) is 0 Å². The Morgan fingerprint density at radius 2 is 1.73 bits per heavy atom. The van der Waals surface area contributed by atoms with E-state index < -0.39 is 11.9 Å². The lowest BCUT2D eigenvalue weighted by atomic mass is 10.1. The number of para-hydroxylation sites is 1. The van der Waals surface area contributed by atoms with Gasteiger partial charge in [0.1, 0.15) is 25.2 Å². The molecule has 0 heterocycles. The fourth-order valence-electron chi connectivity index (χ4n) is 1.95. The highest BCUT2D eigenvalue weighted by atomic mass is 19.1. The van der Waals surface area contributed by atoms with Gasteiger partial charge in [0.15, 0.2) is 0 Å². The Morgan fingerprint density at radius 3 is 2.42 bits per heavy atom. The van der Waals surface area contributed by atoms with Gasteiger partial charge in [-0.15, -0.1) is 0 Å². The molecule has 26 heavy (non-hydrogen) atoms. The number of anilines is 1. The van der Waals surface area contributed by atoms with Crippen molar-refractivity contribution < 1.29 is 23.6 Å². The molecule has 0 bridgehead atoms. The number of nitrogens with one attached hydrogen (secondary N) is 2. The Hall–Kier alpha value is -3.42. The van der Waals surface area contributed by atoms with E-state index in [0.717, 1.165) is 11.8 Å². The van der Waals surface area contributed by atoms with E-state index in [-0.39, 0.29) is 24.8 Å². The predicted octanol–water partition coefficient (Wildman–Crippen LogP) is 2.82. The van der Waals surface area contributed by atoms with Crippen molar-refractivity contribution in [1.82, 2.24) is 5.32 Å². The summed E-state index contributed by atoms with van der Waals surface area (Å²) in [7, 11) is 1.48. The molecule has 0 radical (unpaired) electrons. The first-order valence-electron chi connectivity index (χ1n) is 7.72. The van der Waals surface area contributed by atoms with Crippen LogP contribution in [0.2, 0.25) is 0 Å². The number of rotatable bonds is 7. The highest BCUT2D eigenvalue weighted by Gasteiger charge is 2.09. The highest BCUT2D eigenvalue weighted by molar-refractivity contribution is 6.25. The quantitative estimate of drug-likeness (QED) is 0.588. The first kappa shape index (κ1) is 18.9. The number of hydrogen-bond acceptors (Lipinski definition) is 5. The van der Waals surface area contributed by atoms with Crippen LogP contribution in [0.5, 0.6) is 0 Å². The smallest absolute Gasteiger partial charge is 0.412 e. The number of halogens is 1. The van der Waals surface area contributed by atoms with Crippen molar-refractivity contribution >= 4 is 23.9 Å². The number of nitrogens with zero attached hydrogens (tertiary/aromatic N) is 1. The van der Waals surface area contributed by atoms with Crippen LogP contribution >= 0.6 is 0 Å². The summed E-state index contributed by atoms with van der Waals surface area (Å²) in [6.45, 7) is 0.0704. The largest absolute Gasteiger partial charge is 0.444 e. The van der Waals surface area contributed by atoms with Gasteiger partial charge < -0.3 is 14.9 Å². The van der Waals surface area contributed by atoms with Crippen molar-refractivity contribution in [2.24, 2.45) is 5.16 Å². The van der Waals surface area contributed by atoms with Gasteiger partial charge in [0, 0.05) is 7.05 Å². The van der Waals surface area contributed by atoms with Gasteiger partial charge in [0.05, 0.1) is 5.69 Å². The third-order valence-corrected chi connectivity index (χ3v) is 3.30. The van der Waals surface area contributed by atoms with Crippen molar-refractivity contribution in [2.75, 3.05) is 12.4 Å². The summed E-state index contributed by atoms with van der Waals surface area (Å²) < 4.78 is 18.6. The maximum absolute atomic E-state index is 13.5. The fraction of sp³-hybridized carbons (Fsp3) is 0.167. The number of amides is 2. The van der Waals surface area contributed by atoms with Gasteiger partial charge in [-0.05, 0) is 23.3 Å². The number of ether oxygens (including phenoxy) is 1. The second-order valence-electron chi connectivity index (χ2n) is 5.07. The molecule has 0 fully saturated rings. The van der Waals surface area contributed by atoms with Gasteiger partial charge in [-0.25, -0.2) is 9.18 Å². The van der Waals surface area contributed by atoms with E-state index >= 15 is 0 Å². The maximum Gasteiger partial charge on any atom is 0.412 e. The molecule has 0 aliphatic rings. The molecule has 2 aromatic carbocycles. The molecular weight excluding hydrogens is 341 g/mol. The van der Waals surface area contributed by atoms with Gasteiger partial charge in [-0.1, -0.05) is 41.6 Å². The first-order chi connectivity index (χ1) is 12.6. The standard InChI is InChI=1S/C18H18FN3O4/c1-20-17(23)10-21-26-12-14-7-3-2-6-13(14)11-25-18(24)22-16-9-5-4-8-15(16)19/h2-10H,11-12H2,1H3,(H,20,23)(H,22,24)/b21-10+. The maximum atomic E-state index is 13.5. The van der Waals surface area contributed by atoms with Crippen LogP contribution in [0.25, 0.3) is 0 Å². The van der Waals surface area contributed by atoms with Crippen LogP contribution in [-0.2, 0) is 27.6 Å². The summed E-state index contributed by atoms with van der Waals surface area (Å²) in [6.07, 6.45) is 0.240. The summed E-state index contributed by atoms with van der Waals surface area (Å²) in [5.41, 5.74) is 1.48. The molecule has 0 aromatic heterocycles. The average Bonchev–Trinajstić information content (AvgIpc) is 2.66. The van der Waals surface area contributed by atoms with Crippen LogP contribution in [0, 0.1) is 5.82 Å². The summed E-state index contributed by atoms with van der Waals surface area (Å²) in [5.74, 6) is -0.932. The van der Waals surface area contributed by atoms with Crippen LogP contribution < -0.4 is 10.6 Å². The lowest BCUT2D eigenvalue weighted by molar-refractivity contribution is -0.114. The summed E-state index contributed by atoms with van der Waals surface area (Å²) in [6, 6.07) is 12.9. The molecule has 0 spiro atoms. The van der Waals surface area contributed by atoms with Crippen LogP contribution in [0.4, 0.5) is 14.9 Å².